The molecule has 0 radical (unpaired) electrons. The van der Waals surface area contributed by atoms with Crippen molar-refractivity contribution in [3.63, 3.8) is 0 Å². The highest BCUT2D eigenvalue weighted by Crippen LogP contribution is 2.33. The number of carbonyl (C=O) groups excluding carboxylic acids is 2. The highest BCUT2D eigenvalue weighted by molar-refractivity contribution is 6.36. The number of methoxy groups -OCH3 is 2. The van der Waals surface area contributed by atoms with Gasteiger partial charge < -0.3 is 20.1 Å². The van der Waals surface area contributed by atoms with Crippen LogP contribution < -0.4 is 20.1 Å². The maximum atomic E-state index is 12.5. The summed E-state index contributed by atoms with van der Waals surface area (Å²) in [5.41, 5.74) is 1.78. The number of anilines is 2. The first-order chi connectivity index (χ1) is 15.8. The fourth-order valence-electron chi connectivity index (χ4n) is 2.98. The molecule has 0 heterocycles. The topological polar surface area (TPSA) is 76.7 Å². The fourth-order valence-corrected chi connectivity index (χ4v) is 3.78. The predicted octanol–water partition coefficient (Wildman–Crippen LogP) is 6.57. The van der Waals surface area contributed by atoms with Gasteiger partial charge in [0.05, 0.1) is 35.5 Å². The molecule has 0 saturated carbocycles. The van der Waals surface area contributed by atoms with Gasteiger partial charge in [-0.3, -0.25) is 9.59 Å². The molecule has 2 amide bonds. The molecule has 6 nitrogen and oxygen atoms in total. The maximum absolute atomic E-state index is 12.5. The summed E-state index contributed by atoms with van der Waals surface area (Å²) in [5, 5.41) is 6.57. The largest absolute Gasteiger partial charge is 0.495 e. The number of halogens is 3. The third-order valence-corrected chi connectivity index (χ3v) is 5.32. The highest BCUT2D eigenvalue weighted by Gasteiger charge is 2.14. The van der Waals surface area contributed by atoms with Gasteiger partial charge in [0.1, 0.15) is 11.5 Å². The summed E-state index contributed by atoms with van der Waals surface area (Å²) < 4.78 is 10.6. The lowest BCUT2D eigenvalue weighted by Crippen LogP contribution is -2.13. The molecular weight excluding hydrogens is 487 g/mol. The van der Waals surface area contributed by atoms with E-state index in [4.69, 9.17) is 44.3 Å². The smallest absolute Gasteiger partial charge is 0.257 e. The van der Waals surface area contributed by atoms with Crippen LogP contribution in [0.3, 0.4) is 0 Å². The lowest BCUT2D eigenvalue weighted by Gasteiger charge is -2.13. The molecule has 0 aliphatic rings. The molecule has 0 atom stereocenters. The molecule has 0 unspecified atom stereocenters. The van der Waals surface area contributed by atoms with Crippen molar-refractivity contribution in [1.82, 2.24) is 0 Å². The van der Waals surface area contributed by atoms with Crippen LogP contribution in [0.1, 0.15) is 15.9 Å². The minimum absolute atomic E-state index is 0.334. The molecule has 0 aromatic heterocycles. The van der Waals surface area contributed by atoms with Crippen LogP contribution in [0.15, 0.2) is 60.7 Å². The van der Waals surface area contributed by atoms with Gasteiger partial charge in [0.2, 0.25) is 5.91 Å². The monoisotopic (exact) mass is 504 g/mol. The number of hydrogen-bond acceptors (Lipinski definition) is 4. The summed E-state index contributed by atoms with van der Waals surface area (Å²) in [6, 6.07) is 14.7. The van der Waals surface area contributed by atoms with Crippen LogP contribution in [0, 0.1) is 0 Å². The van der Waals surface area contributed by atoms with Crippen molar-refractivity contribution in [3.05, 3.63) is 86.9 Å². The summed E-state index contributed by atoms with van der Waals surface area (Å²) >= 11 is 18.2. The van der Waals surface area contributed by atoms with Crippen LogP contribution in [-0.2, 0) is 4.79 Å². The Kier molecular flexibility index (Phi) is 8.22. The van der Waals surface area contributed by atoms with Crippen molar-refractivity contribution in [2.75, 3.05) is 24.9 Å². The van der Waals surface area contributed by atoms with E-state index in [0.717, 1.165) is 0 Å². The third kappa shape index (κ3) is 6.20. The summed E-state index contributed by atoms with van der Waals surface area (Å²) in [7, 11) is 2.94. The first-order valence-electron chi connectivity index (χ1n) is 9.58. The van der Waals surface area contributed by atoms with E-state index in [1.165, 1.54) is 20.3 Å². The van der Waals surface area contributed by atoms with Gasteiger partial charge >= 0.3 is 0 Å². The van der Waals surface area contributed by atoms with Crippen LogP contribution in [0.4, 0.5) is 11.4 Å². The standard InChI is InChI=1S/C24H19Cl3N2O4/c1-32-21-13-16(8-9-20(21)29-24(31)17-5-3-4-6-18(17)26)28-22(30)10-7-14-11-15(25)12-19(27)23(14)33-2/h3-13H,1-2H3,(H,28,30)(H,29,31). The van der Waals surface area contributed by atoms with Gasteiger partial charge in [-0.25, -0.2) is 0 Å². The van der Waals surface area contributed by atoms with E-state index in [2.05, 4.69) is 10.6 Å². The number of hydrogen-bond donors (Lipinski definition) is 2. The van der Waals surface area contributed by atoms with Crippen LogP contribution in [0.5, 0.6) is 11.5 Å². The number of ether oxygens (including phenoxy) is 2. The van der Waals surface area contributed by atoms with Crippen molar-refractivity contribution in [2.45, 2.75) is 0 Å². The molecule has 33 heavy (non-hydrogen) atoms. The van der Waals surface area contributed by atoms with E-state index in [1.54, 1.807) is 60.7 Å². The molecule has 3 rings (SSSR count). The average Bonchev–Trinajstić information content (AvgIpc) is 2.78. The summed E-state index contributed by atoms with van der Waals surface area (Å²) in [6.45, 7) is 0. The second kappa shape index (κ2) is 11.1. The van der Waals surface area contributed by atoms with Gasteiger partial charge in [0, 0.05) is 28.4 Å². The van der Waals surface area contributed by atoms with Crippen LogP contribution in [0.2, 0.25) is 15.1 Å². The number of carbonyl (C=O) groups is 2. The number of benzene rings is 3. The van der Waals surface area contributed by atoms with Gasteiger partial charge in [-0.05, 0) is 42.5 Å². The first kappa shape index (κ1) is 24.5. The highest BCUT2D eigenvalue weighted by atomic mass is 35.5. The molecule has 0 aliphatic carbocycles. The van der Waals surface area contributed by atoms with Gasteiger partial charge in [0.15, 0.2) is 0 Å². The zero-order chi connectivity index (χ0) is 24.0. The molecule has 2 N–H and O–H groups in total. The first-order valence-corrected chi connectivity index (χ1v) is 10.7. The van der Waals surface area contributed by atoms with Crippen molar-refractivity contribution in [1.29, 1.82) is 0 Å². The molecular formula is C24H19Cl3N2O4. The number of nitrogens with one attached hydrogen (secondary N) is 2. The normalized spacial score (nSPS) is 10.7. The molecule has 9 heteroatoms. The van der Waals surface area contributed by atoms with E-state index < -0.39 is 5.91 Å². The van der Waals surface area contributed by atoms with Crippen molar-refractivity contribution < 1.29 is 19.1 Å². The maximum Gasteiger partial charge on any atom is 0.257 e. The summed E-state index contributed by atoms with van der Waals surface area (Å²) in [6.07, 6.45) is 2.87. The van der Waals surface area contributed by atoms with E-state index in [-0.39, 0.29) is 5.91 Å². The third-order valence-electron chi connectivity index (χ3n) is 4.49. The molecule has 0 spiro atoms. The molecule has 0 aliphatic heterocycles. The van der Waals surface area contributed by atoms with E-state index in [1.807, 2.05) is 0 Å². The SMILES string of the molecule is COc1cc(NC(=O)C=Cc2cc(Cl)cc(Cl)c2OC)ccc1NC(=O)c1ccccc1Cl. The van der Waals surface area contributed by atoms with E-state index in [0.29, 0.717) is 49.1 Å². The lowest BCUT2D eigenvalue weighted by atomic mass is 10.1. The molecule has 0 saturated heterocycles. The van der Waals surface area contributed by atoms with Gasteiger partial charge in [-0.1, -0.05) is 46.9 Å². The Hall–Kier alpha value is -3.19. The fraction of sp³-hybridized carbons (Fsp3) is 0.0833. The minimum atomic E-state index is -0.400. The molecule has 3 aromatic rings. The molecule has 3 aromatic carbocycles. The van der Waals surface area contributed by atoms with Crippen molar-refractivity contribution in [3.8, 4) is 11.5 Å². The molecule has 0 bridgehead atoms. The van der Waals surface area contributed by atoms with Crippen molar-refractivity contribution >= 4 is 64.1 Å². The van der Waals surface area contributed by atoms with Crippen LogP contribution >= 0.6 is 34.8 Å². The van der Waals surface area contributed by atoms with Gasteiger partial charge in [0.25, 0.3) is 5.91 Å². The average molecular weight is 506 g/mol. The molecule has 0 fully saturated rings. The number of rotatable bonds is 7. The Morgan fingerprint density at radius 3 is 2.33 bits per heavy atom. The van der Waals surface area contributed by atoms with Crippen molar-refractivity contribution in [2.24, 2.45) is 0 Å². The Morgan fingerprint density at radius 1 is 0.879 bits per heavy atom. The summed E-state index contributed by atoms with van der Waals surface area (Å²) in [4.78, 5) is 24.9. The van der Waals surface area contributed by atoms with E-state index in [9.17, 15) is 9.59 Å². The van der Waals surface area contributed by atoms with E-state index >= 15 is 0 Å². The zero-order valence-electron chi connectivity index (χ0n) is 17.6. The van der Waals surface area contributed by atoms with Gasteiger partial charge in [-0.15, -0.1) is 0 Å². The second-order valence-corrected chi connectivity index (χ2v) is 7.93. The predicted molar refractivity (Wildman–Crippen MR) is 133 cm³/mol. The molecule has 170 valence electrons. The van der Waals surface area contributed by atoms with Gasteiger partial charge in [-0.2, -0.15) is 0 Å². The van der Waals surface area contributed by atoms with Crippen LogP contribution in [-0.4, -0.2) is 26.0 Å². The Morgan fingerprint density at radius 2 is 1.64 bits per heavy atom. The number of amides is 2. The Balaban J connectivity index is 1.73. The Labute approximate surface area is 206 Å². The minimum Gasteiger partial charge on any atom is -0.495 e. The van der Waals surface area contributed by atoms with Crippen LogP contribution in [0.25, 0.3) is 6.08 Å². The second-order valence-electron chi connectivity index (χ2n) is 6.68. The lowest BCUT2D eigenvalue weighted by molar-refractivity contribution is -0.111. The Bertz CT molecular complexity index is 1230. The summed E-state index contributed by atoms with van der Waals surface area (Å²) in [5.74, 6) is -0.0123. The quantitative estimate of drug-likeness (QED) is 0.356. The zero-order valence-corrected chi connectivity index (χ0v) is 19.9.